The van der Waals surface area contributed by atoms with Gasteiger partial charge < -0.3 is 9.80 Å². The molecule has 1 fully saturated rings. The number of rotatable bonds is 4. The van der Waals surface area contributed by atoms with Gasteiger partial charge >= 0.3 is 0 Å². The van der Waals surface area contributed by atoms with Crippen molar-refractivity contribution < 1.29 is 4.79 Å². The van der Waals surface area contributed by atoms with E-state index in [1.54, 1.807) is 0 Å². The Kier molecular flexibility index (Phi) is 5.10. The average Bonchev–Trinajstić information content (AvgIpc) is 3.04. The highest BCUT2D eigenvalue weighted by molar-refractivity contribution is 6.31. The topological polar surface area (TPSA) is 23.6 Å². The van der Waals surface area contributed by atoms with Gasteiger partial charge in [-0.15, -0.1) is 0 Å². The summed E-state index contributed by atoms with van der Waals surface area (Å²) < 4.78 is 0. The van der Waals surface area contributed by atoms with Crippen LogP contribution >= 0.6 is 11.6 Å². The van der Waals surface area contributed by atoms with Crippen LogP contribution in [0.5, 0.6) is 0 Å². The number of benzene rings is 2. The van der Waals surface area contributed by atoms with Crippen molar-refractivity contribution >= 4 is 23.2 Å². The molecule has 0 N–H and O–H groups in total. The predicted molar refractivity (Wildman–Crippen MR) is 100.0 cm³/mol. The minimum atomic E-state index is 0.120. The number of likely N-dealkylation sites (tertiary alicyclic amines) is 1. The molecule has 126 valence electrons. The highest BCUT2D eigenvalue weighted by Gasteiger charge is 2.29. The van der Waals surface area contributed by atoms with Crippen molar-refractivity contribution in [3.8, 4) is 0 Å². The monoisotopic (exact) mass is 342 g/mol. The normalized spacial score (nSPS) is 17.1. The molecular weight excluding hydrogens is 320 g/mol. The molecule has 3 rings (SSSR count). The van der Waals surface area contributed by atoms with E-state index in [0.29, 0.717) is 0 Å². The van der Waals surface area contributed by atoms with Crippen LogP contribution in [0.4, 0.5) is 5.69 Å². The highest BCUT2D eigenvalue weighted by Crippen LogP contribution is 2.26. The van der Waals surface area contributed by atoms with E-state index in [1.807, 2.05) is 66.4 Å². The Morgan fingerprint density at radius 1 is 1.17 bits per heavy atom. The number of carbonyl (C=O) groups is 1. The fourth-order valence-electron chi connectivity index (χ4n) is 3.30. The molecular formula is C20H23ClN2O. The molecule has 0 bridgehead atoms. The highest BCUT2D eigenvalue weighted by atomic mass is 35.5. The summed E-state index contributed by atoms with van der Waals surface area (Å²) in [6.45, 7) is 0.823. The van der Waals surface area contributed by atoms with E-state index in [0.717, 1.165) is 47.6 Å². The third-order valence-electron chi connectivity index (χ3n) is 4.68. The molecule has 4 heteroatoms. The zero-order chi connectivity index (χ0) is 17.1. The molecule has 0 radical (unpaired) electrons. The second-order valence-electron chi connectivity index (χ2n) is 6.53. The molecule has 24 heavy (non-hydrogen) atoms. The molecule has 1 heterocycles. The molecule has 0 aromatic heterocycles. The van der Waals surface area contributed by atoms with Crippen molar-refractivity contribution in [1.29, 1.82) is 0 Å². The first-order valence-electron chi connectivity index (χ1n) is 8.38. The lowest BCUT2D eigenvalue weighted by Gasteiger charge is -2.25. The summed E-state index contributed by atoms with van der Waals surface area (Å²) in [6.07, 6.45) is 2.91. The van der Waals surface area contributed by atoms with Crippen LogP contribution in [0.15, 0.2) is 48.5 Å². The first-order valence-corrected chi connectivity index (χ1v) is 8.76. The van der Waals surface area contributed by atoms with Gasteiger partial charge in [0.2, 0.25) is 0 Å². The van der Waals surface area contributed by atoms with Crippen LogP contribution in [-0.2, 0) is 6.42 Å². The van der Waals surface area contributed by atoms with Crippen LogP contribution in [0, 0.1) is 0 Å². The van der Waals surface area contributed by atoms with Gasteiger partial charge in [0.15, 0.2) is 0 Å². The molecule has 1 amide bonds. The van der Waals surface area contributed by atoms with Gasteiger partial charge in [-0.1, -0.05) is 29.8 Å². The number of hydrogen-bond donors (Lipinski definition) is 0. The first-order chi connectivity index (χ1) is 11.6. The van der Waals surface area contributed by atoms with Crippen LogP contribution in [-0.4, -0.2) is 37.5 Å². The van der Waals surface area contributed by atoms with Gasteiger partial charge in [0, 0.05) is 43.0 Å². The Bertz CT molecular complexity index is 712. The number of anilines is 1. The SMILES string of the molecule is CN(C)c1ccc(C(=O)N2CCC[C@@H]2Cc2ccccc2Cl)cc1. The van der Waals surface area contributed by atoms with Crippen LogP contribution in [0.1, 0.15) is 28.8 Å². The van der Waals surface area contributed by atoms with Crippen molar-refractivity contribution in [1.82, 2.24) is 4.90 Å². The summed E-state index contributed by atoms with van der Waals surface area (Å²) in [4.78, 5) is 16.9. The number of hydrogen-bond acceptors (Lipinski definition) is 2. The number of amides is 1. The maximum Gasteiger partial charge on any atom is 0.254 e. The zero-order valence-electron chi connectivity index (χ0n) is 14.2. The molecule has 2 aromatic carbocycles. The summed E-state index contributed by atoms with van der Waals surface area (Å²) in [6, 6.07) is 16.0. The summed E-state index contributed by atoms with van der Waals surface area (Å²) in [5.74, 6) is 0.120. The molecule has 3 nitrogen and oxygen atoms in total. The number of halogens is 1. The largest absolute Gasteiger partial charge is 0.378 e. The third-order valence-corrected chi connectivity index (χ3v) is 5.05. The molecule has 1 atom stereocenters. The molecule has 0 saturated carbocycles. The minimum absolute atomic E-state index is 0.120. The molecule has 1 aliphatic heterocycles. The van der Waals surface area contributed by atoms with Gasteiger partial charge in [-0.05, 0) is 55.2 Å². The molecule has 2 aromatic rings. The summed E-state index contributed by atoms with van der Waals surface area (Å²) >= 11 is 6.29. The molecule has 1 aliphatic rings. The van der Waals surface area contributed by atoms with Crippen LogP contribution in [0.3, 0.4) is 0 Å². The van der Waals surface area contributed by atoms with Gasteiger partial charge in [-0.3, -0.25) is 4.79 Å². The third kappa shape index (κ3) is 3.57. The predicted octanol–water partition coefficient (Wildman–Crippen LogP) is 4.25. The van der Waals surface area contributed by atoms with Gasteiger partial charge in [-0.25, -0.2) is 0 Å². The van der Waals surface area contributed by atoms with Gasteiger partial charge in [-0.2, -0.15) is 0 Å². The Hall–Kier alpha value is -2.00. The minimum Gasteiger partial charge on any atom is -0.378 e. The van der Waals surface area contributed by atoms with Crippen LogP contribution in [0.2, 0.25) is 5.02 Å². The molecule has 0 aliphatic carbocycles. The van der Waals surface area contributed by atoms with Gasteiger partial charge in [0.05, 0.1) is 0 Å². The van der Waals surface area contributed by atoms with E-state index < -0.39 is 0 Å². The number of nitrogens with zero attached hydrogens (tertiary/aromatic N) is 2. The average molecular weight is 343 g/mol. The smallest absolute Gasteiger partial charge is 0.254 e. The maximum absolute atomic E-state index is 12.9. The van der Waals surface area contributed by atoms with Crippen molar-refractivity contribution in [2.24, 2.45) is 0 Å². The fraction of sp³-hybridized carbons (Fsp3) is 0.350. The lowest BCUT2D eigenvalue weighted by molar-refractivity contribution is 0.0736. The van der Waals surface area contributed by atoms with E-state index in [9.17, 15) is 4.79 Å². The van der Waals surface area contributed by atoms with Crippen molar-refractivity contribution in [2.45, 2.75) is 25.3 Å². The van der Waals surface area contributed by atoms with Gasteiger partial charge in [0.25, 0.3) is 5.91 Å². The molecule has 0 spiro atoms. The van der Waals surface area contributed by atoms with E-state index in [4.69, 9.17) is 11.6 Å². The van der Waals surface area contributed by atoms with Crippen molar-refractivity contribution in [3.05, 3.63) is 64.7 Å². The van der Waals surface area contributed by atoms with E-state index >= 15 is 0 Å². The summed E-state index contributed by atoms with van der Waals surface area (Å²) in [5.41, 5.74) is 2.97. The van der Waals surface area contributed by atoms with E-state index in [-0.39, 0.29) is 11.9 Å². The Labute approximate surface area is 148 Å². The Morgan fingerprint density at radius 2 is 1.88 bits per heavy atom. The molecule has 1 saturated heterocycles. The maximum atomic E-state index is 12.9. The first kappa shape index (κ1) is 16.8. The standard InChI is InChI=1S/C20H23ClN2O/c1-22(2)17-11-9-15(10-12-17)20(24)23-13-5-7-18(23)14-16-6-3-4-8-19(16)21/h3-4,6,8-12,18H,5,7,13-14H2,1-2H3/t18-/m1/s1. The summed E-state index contributed by atoms with van der Waals surface area (Å²) in [7, 11) is 3.99. The van der Waals surface area contributed by atoms with Crippen LogP contribution < -0.4 is 4.90 Å². The summed E-state index contributed by atoms with van der Waals surface area (Å²) in [5, 5.41) is 0.784. The van der Waals surface area contributed by atoms with Gasteiger partial charge in [0.1, 0.15) is 0 Å². The second-order valence-corrected chi connectivity index (χ2v) is 6.94. The van der Waals surface area contributed by atoms with E-state index in [2.05, 4.69) is 6.07 Å². The Balaban J connectivity index is 1.75. The quantitative estimate of drug-likeness (QED) is 0.829. The second kappa shape index (κ2) is 7.27. The van der Waals surface area contributed by atoms with E-state index in [1.165, 1.54) is 0 Å². The van der Waals surface area contributed by atoms with Crippen molar-refractivity contribution in [2.75, 3.05) is 25.5 Å². The number of carbonyl (C=O) groups excluding carboxylic acids is 1. The van der Waals surface area contributed by atoms with Crippen molar-refractivity contribution in [3.63, 3.8) is 0 Å². The molecule has 0 unspecified atom stereocenters. The fourth-order valence-corrected chi connectivity index (χ4v) is 3.51. The Morgan fingerprint density at radius 3 is 2.54 bits per heavy atom. The lowest BCUT2D eigenvalue weighted by Crippen LogP contribution is -2.36. The van der Waals surface area contributed by atoms with Crippen LogP contribution in [0.25, 0.3) is 0 Å². The zero-order valence-corrected chi connectivity index (χ0v) is 15.0. The lowest BCUT2D eigenvalue weighted by atomic mass is 10.0.